The number of sulfonamides is 1. The quantitative estimate of drug-likeness (QED) is 0.587. The Kier molecular flexibility index (Phi) is 6.80. The molecule has 0 radical (unpaired) electrons. The molecule has 0 aliphatic rings. The standard InChI is InChI=1S/C23H23ClN2O3S/c1-17-12-13-20(14-18(17)2)26(30(28,29)21-9-4-3-5-10-21)16-23(27)25-15-19-8-6-7-11-22(19)24/h3-14H,15-16H2,1-2H3,(H,25,27). The van der Waals surface area contributed by atoms with Gasteiger partial charge in [0.2, 0.25) is 5.91 Å². The highest BCUT2D eigenvalue weighted by Crippen LogP contribution is 2.25. The van der Waals surface area contributed by atoms with Crippen molar-refractivity contribution in [2.24, 2.45) is 0 Å². The summed E-state index contributed by atoms with van der Waals surface area (Å²) < 4.78 is 27.8. The minimum atomic E-state index is -3.92. The maximum Gasteiger partial charge on any atom is 0.264 e. The Morgan fingerprint density at radius 1 is 0.933 bits per heavy atom. The molecule has 5 nitrogen and oxygen atoms in total. The van der Waals surface area contributed by atoms with Crippen molar-refractivity contribution in [2.75, 3.05) is 10.8 Å². The smallest absolute Gasteiger partial charge is 0.264 e. The molecule has 1 N–H and O–H groups in total. The van der Waals surface area contributed by atoms with Crippen LogP contribution in [0.3, 0.4) is 0 Å². The van der Waals surface area contributed by atoms with Crippen LogP contribution in [-0.4, -0.2) is 20.9 Å². The number of nitrogens with one attached hydrogen (secondary N) is 1. The Morgan fingerprint density at radius 3 is 2.27 bits per heavy atom. The Balaban J connectivity index is 1.88. The molecule has 7 heteroatoms. The van der Waals surface area contributed by atoms with E-state index in [0.29, 0.717) is 10.7 Å². The van der Waals surface area contributed by atoms with Crippen LogP contribution in [0.4, 0.5) is 5.69 Å². The minimum Gasteiger partial charge on any atom is -0.350 e. The van der Waals surface area contributed by atoms with Crippen LogP contribution in [0.5, 0.6) is 0 Å². The Morgan fingerprint density at radius 2 is 1.60 bits per heavy atom. The van der Waals surface area contributed by atoms with E-state index in [4.69, 9.17) is 11.6 Å². The van der Waals surface area contributed by atoms with Gasteiger partial charge in [-0.3, -0.25) is 9.10 Å². The number of carbonyl (C=O) groups is 1. The molecule has 0 unspecified atom stereocenters. The van der Waals surface area contributed by atoms with E-state index in [9.17, 15) is 13.2 Å². The highest BCUT2D eigenvalue weighted by atomic mass is 35.5. The maximum absolute atomic E-state index is 13.3. The lowest BCUT2D eigenvalue weighted by molar-refractivity contribution is -0.119. The monoisotopic (exact) mass is 442 g/mol. The van der Waals surface area contributed by atoms with Gasteiger partial charge in [-0.25, -0.2) is 8.42 Å². The highest BCUT2D eigenvalue weighted by Gasteiger charge is 2.27. The van der Waals surface area contributed by atoms with Crippen LogP contribution in [0.2, 0.25) is 5.02 Å². The Labute approximate surface area is 182 Å². The van der Waals surface area contributed by atoms with Gasteiger partial charge in [-0.15, -0.1) is 0 Å². The summed E-state index contributed by atoms with van der Waals surface area (Å²) in [5.74, 6) is -0.423. The van der Waals surface area contributed by atoms with E-state index in [-0.39, 0.29) is 18.0 Å². The molecular weight excluding hydrogens is 420 g/mol. The number of nitrogens with zero attached hydrogens (tertiary/aromatic N) is 1. The zero-order valence-electron chi connectivity index (χ0n) is 16.8. The molecule has 0 bridgehead atoms. The molecule has 3 aromatic carbocycles. The average Bonchev–Trinajstić information content (AvgIpc) is 2.74. The van der Waals surface area contributed by atoms with E-state index >= 15 is 0 Å². The van der Waals surface area contributed by atoms with Gasteiger partial charge in [0.15, 0.2) is 0 Å². The van der Waals surface area contributed by atoms with Crippen molar-refractivity contribution in [1.29, 1.82) is 0 Å². The van der Waals surface area contributed by atoms with Gasteiger partial charge in [0.25, 0.3) is 10.0 Å². The lowest BCUT2D eigenvalue weighted by Crippen LogP contribution is -2.40. The first-order chi connectivity index (χ1) is 14.3. The van der Waals surface area contributed by atoms with Crippen LogP contribution in [0.15, 0.2) is 77.7 Å². The van der Waals surface area contributed by atoms with Gasteiger partial charge in [0, 0.05) is 11.6 Å². The first-order valence-corrected chi connectivity index (χ1v) is 11.3. The zero-order valence-corrected chi connectivity index (χ0v) is 18.4. The topological polar surface area (TPSA) is 66.5 Å². The first kappa shape index (κ1) is 21.9. The molecule has 0 aromatic heterocycles. The molecule has 3 rings (SSSR count). The molecule has 0 heterocycles. The van der Waals surface area contributed by atoms with Crippen LogP contribution in [0.1, 0.15) is 16.7 Å². The number of rotatable bonds is 7. The van der Waals surface area contributed by atoms with Crippen molar-refractivity contribution in [3.05, 3.63) is 94.5 Å². The molecule has 30 heavy (non-hydrogen) atoms. The Bertz CT molecular complexity index is 1150. The number of hydrogen-bond acceptors (Lipinski definition) is 3. The van der Waals surface area contributed by atoms with E-state index in [1.807, 2.05) is 38.1 Å². The number of benzene rings is 3. The first-order valence-electron chi connectivity index (χ1n) is 9.44. The molecule has 0 saturated carbocycles. The summed E-state index contributed by atoms with van der Waals surface area (Å²) in [6, 6.07) is 20.6. The lowest BCUT2D eigenvalue weighted by Gasteiger charge is -2.25. The molecule has 0 saturated heterocycles. The van der Waals surface area contributed by atoms with Crippen molar-refractivity contribution in [3.8, 4) is 0 Å². The van der Waals surface area contributed by atoms with Gasteiger partial charge >= 0.3 is 0 Å². The summed E-state index contributed by atoms with van der Waals surface area (Å²) in [6.07, 6.45) is 0. The normalized spacial score (nSPS) is 11.2. The van der Waals surface area contributed by atoms with Gasteiger partial charge in [0.1, 0.15) is 6.54 Å². The minimum absolute atomic E-state index is 0.127. The van der Waals surface area contributed by atoms with Gasteiger partial charge in [0.05, 0.1) is 10.6 Å². The van der Waals surface area contributed by atoms with Crippen molar-refractivity contribution in [2.45, 2.75) is 25.3 Å². The Hall–Kier alpha value is -2.83. The second-order valence-corrected chi connectivity index (χ2v) is 9.23. The summed E-state index contributed by atoms with van der Waals surface area (Å²) in [5.41, 5.74) is 3.18. The number of carbonyl (C=O) groups excluding carboxylic acids is 1. The third-order valence-electron chi connectivity index (χ3n) is 4.83. The van der Waals surface area contributed by atoms with Crippen molar-refractivity contribution < 1.29 is 13.2 Å². The SMILES string of the molecule is Cc1ccc(N(CC(=O)NCc2ccccc2Cl)S(=O)(=O)c2ccccc2)cc1C. The van der Waals surface area contributed by atoms with Crippen molar-refractivity contribution in [3.63, 3.8) is 0 Å². The summed E-state index contributed by atoms with van der Waals surface area (Å²) in [7, 11) is -3.92. The van der Waals surface area contributed by atoms with Crippen molar-refractivity contribution >= 4 is 33.2 Å². The average molecular weight is 443 g/mol. The van der Waals surface area contributed by atoms with Crippen LogP contribution in [0.25, 0.3) is 0 Å². The number of amides is 1. The molecule has 0 fully saturated rings. The highest BCUT2D eigenvalue weighted by molar-refractivity contribution is 7.92. The molecule has 1 amide bonds. The third kappa shape index (κ3) is 5.01. The fourth-order valence-electron chi connectivity index (χ4n) is 2.94. The van der Waals surface area contributed by atoms with Crippen LogP contribution in [0, 0.1) is 13.8 Å². The van der Waals surface area contributed by atoms with Gasteiger partial charge in [-0.2, -0.15) is 0 Å². The number of halogens is 1. The molecule has 3 aromatic rings. The summed E-state index contributed by atoms with van der Waals surface area (Å²) in [5, 5.41) is 3.30. The second-order valence-electron chi connectivity index (χ2n) is 6.96. The molecule has 0 atom stereocenters. The summed E-state index contributed by atoms with van der Waals surface area (Å²) in [6.45, 7) is 3.73. The summed E-state index contributed by atoms with van der Waals surface area (Å²) >= 11 is 6.14. The van der Waals surface area contributed by atoms with E-state index in [1.54, 1.807) is 36.4 Å². The van der Waals surface area contributed by atoms with E-state index in [2.05, 4.69) is 5.32 Å². The molecule has 0 spiro atoms. The number of aryl methyl sites for hydroxylation is 2. The molecule has 156 valence electrons. The number of hydrogen-bond donors (Lipinski definition) is 1. The maximum atomic E-state index is 13.3. The van der Waals surface area contributed by atoms with Gasteiger partial charge < -0.3 is 5.32 Å². The fourth-order valence-corrected chi connectivity index (χ4v) is 4.57. The van der Waals surface area contributed by atoms with Crippen LogP contribution < -0.4 is 9.62 Å². The van der Waals surface area contributed by atoms with E-state index < -0.39 is 15.9 Å². The van der Waals surface area contributed by atoms with Crippen molar-refractivity contribution in [1.82, 2.24) is 5.32 Å². The van der Waals surface area contributed by atoms with Crippen LogP contribution >= 0.6 is 11.6 Å². The zero-order chi connectivity index (χ0) is 21.7. The molecule has 0 aliphatic carbocycles. The van der Waals surface area contributed by atoms with Gasteiger partial charge in [-0.1, -0.05) is 54.1 Å². The predicted molar refractivity (Wildman–Crippen MR) is 120 cm³/mol. The molecular formula is C23H23ClN2O3S. The summed E-state index contributed by atoms with van der Waals surface area (Å²) in [4.78, 5) is 12.8. The fraction of sp³-hybridized carbons (Fsp3) is 0.174. The van der Waals surface area contributed by atoms with Gasteiger partial charge in [-0.05, 0) is 60.9 Å². The third-order valence-corrected chi connectivity index (χ3v) is 6.99. The molecule has 0 aliphatic heterocycles. The second kappa shape index (κ2) is 9.32. The largest absolute Gasteiger partial charge is 0.350 e. The number of anilines is 1. The lowest BCUT2D eigenvalue weighted by atomic mass is 10.1. The van der Waals surface area contributed by atoms with E-state index in [0.717, 1.165) is 21.0 Å². The van der Waals surface area contributed by atoms with Crippen LogP contribution in [-0.2, 0) is 21.4 Å². The van der Waals surface area contributed by atoms with E-state index in [1.165, 1.54) is 12.1 Å². The predicted octanol–water partition coefficient (Wildman–Crippen LogP) is 4.47.